The molecular formula is C16H18ClNO. The van der Waals surface area contributed by atoms with Crippen LogP contribution >= 0.6 is 11.6 Å². The second-order valence-corrected chi connectivity index (χ2v) is 4.99. The van der Waals surface area contributed by atoms with Crippen molar-refractivity contribution in [2.24, 2.45) is 0 Å². The van der Waals surface area contributed by atoms with Crippen LogP contribution in [-0.4, -0.2) is 7.11 Å². The SMILES string of the molecule is COc1ccc(Cl)cc1CNCc1cccc(C)c1. The molecule has 0 aliphatic heterocycles. The van der Waals surface area contributed by atoms with Crippen LogP contribution < -0.4 is 10.1 Å². The molecule has 0 fully saturated rings. The van der Waals surface area contributed by atoms with E-state index >= 15 is 0 Å². The van der Waals surface area contributed by atoms with Crippen LogP contribution in [0.4, 0.5) is 0 Å². The van der Waals surface area contributed by atoms with Crippen LogP contribution in [0.15, 0.2) is 42.5 Å². The standard InChI is InChI=1S/C16H18ClNO/c1-12-4-3-5-13(8-12)10-18-11-14-9-15(17)6-7-16(14)19-2/h3-9,18H,10-11H2,1-2H3. The van der Waals surface area contributed by atoms with Crippen molar-refractivity contribution < 1.29 is 4.74 Å². The fourth-order valence-electron chi connectivity index (χ4n) is 2.05. The molecule has 0 aliphatic carbocycles. The van der Waals surface area contributed by atoms with Crippen LogP contribution in [0.2, 0.25) is 5.02 Å². The number of rotatable bonds is 5. The maximum absolute atomic E-state index is 6.01. The van der Waals surface area contributed by atoms with E-state index in [-0.39, 0.29) is 0 Å². The molecule has 2 nitrogen and oxygen atoms in total. The van der Waals surface area contributed by atoms with E-state index in [2.05, 4.69) is 36.5 Å². The van der Waals surface area contributed by atoms with Crippen molar-refractivity contribution in [2.45, 2.75) is 20.0 Å². The molecule has 0 saturated heterocycles. The normalized spacial score (nSPS) is 10.5. The lowest BCUT2D eigenvalue weighted by molar-refractivity contribution is 0.407. The van der Waals surface area contributed by atoms with E-state index in [0.717, 1.165) is 29.4 Å². The summed E-state index contributed by atoms with van der Waals surface area (Å²) in [6.45, 7) is 3.67. The number of hydrogen-bond acceptors (Lipinski definition) is 2. The number of aryl methyl sites for hydroxylation is 1. The molecule has 0 atom stereocenters. The number of hydrogen-bond donors (Lipinski definition) is 1. The Morgan fingerprint density at radius 2 is 1.95 bits per heavy atom. The van der Waals surface area contributed by atoms with Gasteiger partial charge in [-0.2, -0.15) is 0 Å². The highest BCUT2D eigenvalue weighted by atomic mass is 35.5. The summed E-state index contributed by atoms with van der Waals surface area (Å²) in [5.74, 6) is 0.862. The van der Waals surface area contributed by atoms with Gasteiger partial charge >= 0.3 is 0 Å². The molecule has 0 amide bonds. The third kappa shape index (κ3) is 3.98. The molecule has 100 valence electrons. The minimum Gasteiger partial charge on any atom is -0.496 e. The van der Waals surface area contributed by atoms with Gasteiger partial charge in [0, 0.05) is 23.7 Å². The minimum atomic E-state index is 0.730. The highest BCUT2D eigenvalue weighted by molar-refractivity contribution is 6.30. The fourth-order valence-corrected chi connectivity index (χ4v) is 2.24. The Hall–Kier alpha value is -1.51. The number of methoxy groups -OCH3 is 1. The van der Waals surface area contributed by atoms with Gasteiger partial charge in [0.05, 0.1) is 7.11 Å². The number of nitrogens with one attached hydrogen (secondary N) is 1. The molecule has 19 heavy (non-hydrogen) atoms. The topological polar surface area (TPSA) is 21.3 Å². The number of benzene rings is 2. The highest BCUT2D eigenvalue weighted by Crippen LogP contribution is 2.22. The summed E-state index contributed by atoms with van der Waals surface area (Å²) in [6, 6.07) is 14.1. The van der Waals surface area contributed by atoms with Gasteiger partial charge < -0.3 is 10.1 Å². The molecule has 2 aromatic carbocycles. The average Bonchev–Trinajstić information content (AvgIpc) is 2.39. The molecule has 0 unspecified atom stereocenters. The zero-order chi connectivity index (χ0) is 13.7. The van der Waals surface area contributed by atoms with Crippen LogP contribution in [0.1, 0.15) is 16.7 Å². The predicted octanol–water partition coefficient (Wildman–Crippen LogP) is 3.95. The summed E-state index contributed by atoms with van der Waals surface area (Å²) >= 11 is 6.01. The van der Waals surface area contributed by atoms with Gasteiger partial charge in [-0.1, -0.05) is 41.4 Å². The van der Waals surface area contributed by atoms with Gasteiger partial charge in [0.25, 0.3) is 0 Å². The number of ether oxygens (including phenoxy) is 1. The van der Waals surface area contributed by atoms with Crippen molar-refractivity contribution in [1.82, 2.24) is 5.32 Å². The smallest absolute Gasteiger partial charge is 0.123 e. The van der Waals surface area contributed by atoms with Gasteiger partial charge in [0.2, 0.25) is 0 Å². The van der Waals surface area contributed by atoms with Gasteiger partial charge in [-0.25, -0.2) is 0 Å². The largest absolute Gasteiger partial charge is 0.496 e. The van der Waals surface area contributed by atoms with Crippen molar-refractivity contribution in [3.05, 3.63) is 64.2 Å². The summed E-state index contributed by atoms with van der Waals surface area (Å²) < 4.78 is 5.32. The average molecular weight is 276 g/mol. The van der Waals surface area contributed by atoms with Crippen LogP contribution in [0.5, 0.6) is 5.75 Å². The molecule has 0 saturated carbocycles. The van der Waals surface area contributed by atoms with Crippen LogP contribution in [0.3, 0.4) is 0 Å². The van der Waals surface area contributed by atoms with E-state index in [1.54, 1.807) is 7.11 Å². The van der Waals surface area contributed by atoms with E-state index in [0.29, 0.717) is 0 Å². The van der Waals surface area contributed by atoms with E-state index in [1.807, 2.05) is 18.2 Å². The highest BCUT2D eigenvalue weighted by Gasteiger charge is 2.03. The molecule has 0 bridgehead atoms. The molecule has 0 aliphatic rings. The Morgan fingerprint density at radius 3 is 2.68 bits per heavy atom. The molecular weight excluding hydrogens is 258 g/mol. The van der Waals surface area contributed by atoms with E-state index < -0.39 is 0 Å². The maximum atomic E-state index is 6.01. The van der Waals surface area contributed by atoms with Gasteiger partial charge in [-0.15, -0.1) is 0 Å². The van der Waals surface area contributed by atoms with Gasteiger partial charge in [-0.05, 0) is 30.7 Å². The molecule has 3 heteroatoms. The second-order valence-electron chi connectivity index (χ2n) is 4.55. The first-order valence-electron chi connectivity index (χ1n) is 6.27. The van der Waals surface area contributed by atoms with Crippen molar-refractivity contribution >= 4 is 11.6 Å². The molecule has 0 spiro atoms. The third-order valence-corrected chi connectivity index (χ3v) is 3.20. The lowest BCUT2D eigenvalue weighted by Gasteiger charge is -2.10. The zero-order valence-electron chi connectivity index (χ0n) is 11.2. The Bertz CT molecular complexity index is 554. The predicted molar refractivity (Wildman–Crippen MR) is 79.7 cm³/mol. The molecule has 2 rings (SSSR count). The Kier molecular flexibility index (Phi) is 4.83. The van der Waals surface area contributed by atoms with Crippen LogP contribution in [-0.2, 0) is 13.1 Å². The van der Waals surface area contributed by atoms with Crippen molar-refractivity contribution in [3.8, 4) is 5.75 Å². The van der Waals surface area contributed by atoms with Crippen molar-refractivity contribution in [2.75, 3.05) is 7.11 Å². The first kappa shape index (κ1) is 13.9. The molecule has 1 N–H and O–H groups in total. The fraction of sp³-hybridized carbons (Fsp3) is 0.250. The third-order valence-electron chi connectivity index (χ3n) is 2.97. The molecule has 0 aromatic heterocycles. The van der Waals surface area contributed by atoms with Crippen LogP contribution in [0, 0.1) is 6.92 Å². The monoisotopic (exact) mass is 275 g/mol. The van der Waals surface area contributed by atoms with Gasteiger partial charge in [-0.3, -0.25) is 0 Å². The molecule has 2 aromatic rings. The summed E-state index contributed by atoms with van der Waals surface area (Å²) in [6.07, 6.45) is 0. The van der Waals surface area contributed by atoms with Crippen molar-refractivity contribution in [3.63, 3.8) is 0 Å². The number of halogens is 1. The maximum Gasteiger partial charge on any atom is 0.123 e. The summed E-state index contributed by atoms with van der Waals surface area (Å²) in [5.41, 5.74) is 3.63. The van der Waals surface area contributed by atoms with Gasteiger partial charge in [0.15, 0.2) is 0 Å². The molecule has 0 heterocycles. The Morgan fingerprint density at radius 1 is 1.11 bits per heavy atom. The lowest BCUT2D eigenvalue weighted by Crippen LogP contribution is -2.13. The zero-order valence-corrected chi connectivity index (χ0v) is 12.0. The first-order valence-corrected chi connectivity index (χ1v) is 6.65. The second kappa shape index (κ2) is 6.60. The molecule has 0 radical (unpaired) electrons. The quantitative estimate of drug-likeness (QED) is 0.892. The minimum absolute atomic E-state index is 0.730. The van der Waals surface area contributed by atoms with Gasteiger partial charge in [0.1, 0.15) is 5.75 Å². The summed E-state index contributed by atoms with van der Waals surface area (Å²) in [7, 11) is 1.67. The summed E-state index contributed by atoms with van der Waals surface area (Å²) in [5, 5.41) is 4.14. The summed E-state index contributed by atoms with van der Waals surface area (Å²) in [4.78, 5) is 0. The Balaban J connectivity index is 1.97. The lowest BCUT2D eigenvalue weighted by atomic mass is 10.1. The van der Waals surface area contributed by atoms with E-state index in [9.17, 15) is 0 Å². The van der Waals surface area contributed by atoms with Crippen LogP contribution in [0.25, 0.3) is 0 Å². The van der Waals surface area contributed by atoms with E-state index in [4.69, 9.17) is 16.3 Å². The Labute approximate surface area is 119 Å². The van der Waals surface area contributed by atoms with Crippen molar-refractivity contribution in [1.29, 1.82) is 0 Å². The van der Waals surface area contributed by atoms with E-state index in [1.165, 1.54) is 11.1 Å². The first-order chi connectivity index (χ1) is 9.19.